The number of amides is 1. The van der Waals surface area contributed by atoms with Gasteiger partial charge in [0.25, 0.3) is 0 Å². The number of rotatable bonds is 10. The Morgan fingerprint density at radius 3 is 2.28 bits per heavy atom. The summed E-state index contributed by atoms with van der Waals surface area (Å²) in [4.78, 5) is 14.5. The van der Waals surface area contributed by atoms with Gasteiger partial charge in [0.15, 0.2) is 0 Å². The summed E-state index contributed by atoms with van der Waals surface area (Å²) in [5, 5.41) is 0. The largest absolute Gasteiger partial charge is 0.497 e. The number of hydrogen-bond acceptors (Lipinski definition) is 4. The van der Waals surface area contributed by atoms with E-state index in [0.29, 0.717) is 17.9 Å². The second kappa shape index (κ2) is 10.4. The number of methoxy groups -OCH3 is 1. The Hall–Kier alpha value is -2.38. The molecule has 1 amide bonds. The summed E-state index contributed by atoms with van der Waals surface area (Å²) in [5.41, 5.74) is 1.68. The Labute approximate surface area is 173 Å². The van der Waals surface area contributed by atoms with Crippen LogP contribution in [0.25, 0.3) is 0 Å². The molecule has 0 aliphatic rings. The van der Waals surface area contributed by atoms with Gasteiger partial charge in [-0.05, 0) is 43.2 Å². The van der Waals surface area contributed by atoms with Crippen molar-refractivity contribution in [1.29, 1.82) is 0 Å². The number of aryl methyl sites for hydroxylation is 1. The molecular formula is C22H30N2O4S. The lowest BCUT2D eigenvalue weighted by molar-refractivity contribution is -0.130. The maximum absolute atomic E-state index is 12.9. The predicted molar refractivity (Wildman–Crippen MR) is 114 cm³/mol. The molecule has 7 heteroatoms. The lowest BCUT2D eigenvalue weighted by atomic mass is 10.0. The molecule has 0 saturated carbocycles. The Kier molecular flexibility index (Phi) is 8.22. The number of carbonyl (C=O) groups is 1. The normalized spacial score (nSPS) is 12.4. The topological polar surface area (TPSA) is 75.7 Å². The van der Waals surface area contributed by atoms with Crippen LogP contribution >= 0.6 is 0 Å². The van der Waals surface area contributed by atoms with Crippen LogP contribution in [0, 0.1) is 6.92 Å². The monoisotopic (exact) mass is 418 g/mol. The minimum absolute atomic E-state index is 0.0393. The molecule has 1 N–H and O–H groups in total. The zero-order chi connectivity index (χ0) is 21.4. The fraction of sp³-hybridized carbons (Fsp3) is 0.409. The van der Waals surface area contributed by atoms with Crippen molar-refractivity contribution in [2.75, 3.05) is 20.7 Å². The molecule has 0 fully saturated rings. The number of unbranched alkanes of at least 4 members (excludes halogenated alkanes) is 1. The molecule has 0 saturated heterocycles. The maximum atomic E-state index is 12.9. The van der Waals surface area contributed by atoms with Gasteiger partial charge in [0.05, 0.1) is 18.0 Å². The van der Waals surface area contributed by atoms with Crippen LogP contribution in [-0.4, -0.2) is 39.9 Å². The predicted octanol–water partition coefficient (Wildman–Crippen LogP) is 3.67. The second-order valence-electron chi connectivity index (χ2n) is 7.13. The molecule has 2 rings (SSSR count). The van der Waals surface area contributed by atoms with Crippen molar-refractivity contribution in [2.24, 2.45) is 0 Å². The highest BCUT2D eigenvalue weighted by atomic mass is 32.2. The molecule has 0 bridgehead atoms. The number of benzene rings is 2. The maximum Gasteiger partial charge on any atom is 0.241 e. The van der Waals surface area contributed by atoms with Crippen LogP contribution in [0.15, 0.2) is 53.4 Å². The third kappa shape index (κ3) is 6.58. The quantitative estimate of drug-likeness (QED) is 0.639. The molecule has 0 spiro atoms. The van der Waals surface area contributed by atoms with Crippen LogP contribution in [0.4, 0.5) is 0 Å². The fourth-order valence-corrected chi connectivity index (χ4v) is 4.11. The Morgan fingerprint density at radius 1 is 1.10 bits per heavy atom. The van der Waals surface area contributed by atoms with Crippen molar-refractivity contribution in [3.63, 3.8) is 0 Å². The molecule has 6 nitrogen and oxygen atoms in total. The standard InChI is InChI=1S/C22H30N2O4S/c1-5-6-15-24(3)22(25)16-21(18-9-11-19(28-4)12-10-18)23-29(26,27)20-13-7-17(2)8-14-20/h7-14,21,23H,5-6,15-16H2,1-4H3. The lowest BCUT2D eigenvalue weighted by Crippen LogP contribution is -2.35. The van der Waals surface area contributed by atoms with Gasteiger partial charge in [-0.2, -0.15) is 0 Å². The summed E-state index contributed by atoms with van der Waals surface area (Å²) >= 11 is 0. The zero-order valence-electron chi connectivity index (χ0n) is 17.5. The number of nitrogens with zero attached hydrogens (tertiary/aromatic N) is 1. The summed E-state index contributed by atoms with van der Waals surface area (Å²) < 4.78 is 33.7. The first-order valence-corrected chi connectivity index (χ1v) is 11.2. The molecule has 0 heterocycles. The van der Waals surface area contributed by atoms with Gasteiger partial charge in [-0.3, -0.25) is 4.79 Å². The van der Waals surface area contributed by atoms with E-state index in [0.717, 1.165) is 18.4 Å². The third-order valence-electron chi connectivity index (χ3n) is 4.80. The molecule has 2 aromatic carbocycles. The van der Waals surface area contributed by atoms with E-state index in [1.54, 1.807) is 67.6 Å². The molecular weight excluding hydrogens is 388 g/mol. The minimum atomic E-state index is -3.78. The fourth-order valence-electron chi connectivity index (χ4n) is 2.89. The van der Waals surface area contributed by atoms with Gasteiger partial charge >= 0.3 is 0 Å². The smallest absolute Gasteiger partial charge is 0.241 e. The van der Waals surface area contributed by atoms with Gasteiger partial charge in [-0.15, -0.1) is 0 Å². The van der Waals surface area contributed by atoms with Crippen molar-refractivity contribution < 1.29 is 17.9 Å². The molecule has 29 heavy (non-hydrogen) atoms. The number of sulfonamides is 1. The third-order valence-corrected chi connectivity index (χ3v) is 6.29. The summed E-state index contributed by atoms with van der Waals surface area (Å²) in [7, 11) is -0.465. The molecule has 1 atom stereocenters. The number of nitrogens with one attached hydrogen (secondary N) is 1. The molecule has 1 unspecified atom stereocenters. The van der Waals surface area contributed by atoms with E-state index in [-0.39, 0.29) is 17.2 Å². The number of ether oxygens (including phenoxy) is 1. The Balaban J connectivity index is 2.28. The Morgan fingerprint density at radius 2 is 1.72 bits per heavy atom. The molecule has 158 valence electrons. The van der Waals surface area contributed by atoms with Crippen LogP contribution < -0.4 is 9.46 Å². The summed E-state index contributed by atoms with van der Waals surface area (Å²) in [6.45, 7) is 4.61. The highest BCUT2D eigenvalue weighted by Crippen LogP contribution is 2.24. The highest BCUT2D eigenvalue weighted by Gasteiger charge is 2.25. The van der Waals surface area contributed by atoms with E-state index in [1.165, 1.54) is 0 Å². The van der Waals surface area contributed by atoms with Crippen LogP contribution in [0.1, 0.15) is 43.4 Å². The van der Waals surface area contributed by atoms with E-state index in [1.807, 2.05) is 6.92 Å². The zero-order valence-corrected chi connectivity index (χ0v) is 18.3. The molecule has 0 aliphatic heterocycles. The van der Waals surface area contributed by atoms with E-state index >= 15 is 0 Å². The molecule has 0 aromatic heterocycles. The summed E-state index contributed by atoms with van der Waals surface area (Å²) in [5.74, 6) is 0.561. The van der Waals surface area contributed by atoms with Gasteiger partial charge in [0.1, 0.15) is 5.75 Å². The summed E-state index contributed by atoms with van der Waals surface area (Å²) in [6.07, 6.45) is 1.93. The average Bonchev–Trinajstić information content (AvgIpc) is 2.71. The van der Waals surface area contributed by atoms with E-state index in [2.05, 4.69) is 11.6 Å². The first-order chi connectivity index (χ1) is 13.8. The lowest BCUT2D eigenvalue weighted by Gasteiger charge is -2.23. The van der Waals surface area contributed by atoms with Gasteiger partial charge in [0.2, 0.25) is 15.9 Å². The van der Waals surface area contributed by atoms with Crippen molar-refractivity contribution in [3.8, 4) is 5.75 Å². The first-order valence-electron chi connectivity index (χ1n) is 9.73. The van der Waals surface area contributed by atoms with Gasteiger partial charge in [-0.25, -0.2) is 13.1 Å². The van der Waals surface area contributed by atoms with Gasteiger partial charge in [-0.1, -0.05) is 43.2 Å². The van der Waals surface area contributed by atoms with Crippen LogP contribution in [0.2, 0.25) is 0 Å². The van der Waals surface area contributed by atoms with E-state index in [9.17, 15) is 13.2 Å². The minimum Gasteiger partial charge on any atom is -0.497 e. The molecule has 0 radical (unpaired) electrons. The number of hydrogen-bond donors (Lipinski definition) is 1. The van der Waals surface area contributed by atoms with Crippen LogP contribution in [0.3, 0.4) is 0 Å². The van der Waals surface area contributed by atoms with Crippen molar-refractivity contribution in [2.45, 2.75) is 44.0 Å². The van der Waals surface area contributed by atoms with Crippen molar-refractivity contribution in [1.82, 2.24) is 9.62 Å². The van der Waals surface area contributed by atoms with Gasteiger partial charge in [0, 0.05) is 20.0 Å². The van der Waals surface area contributed by atoms with Gasteiger partial charge < -0.3 is 9.64 Å². The molecule has 2 aromatic rings. The van der Waals surface area contributed by atoms with Crippen LogP contribution in [-0.2, 0) is 14.8 Å². The SMILES string of the molecule is CCCCN(C)C(=O)CC(NS(=O)(=O)c1ccc(C)cc1)c1ccc(OC)cc1. The van der Waals surface area contributed by atoms with E-state index < -0.39 is 16.1 Å². The second-order valence-corrected chi connectivity index (χ2v) is 8.85. The van der Waals surface area contributed by atoms with Crippen molar-refractivity contribution >= 4 is 15.9 Å². The van der Waals surface area contributed by atoms with Crippen LogP contribution in [0.5, 0.6) is 5.75 Å². The molecule has 0 aliphatic carbocycles. The first kappa shape index (κ1) is 22.9. The van der Waals surface area contributed by atoms with Crippen molar-refractivity contribution in [3.05, 3.63) is 59.7 Å². The van der Waals surface area contributed by atoms with E-state index in [4.69, 9.17) is 4.74 Å². The Bertz CT molecular complexity index is 893. The number of carbonyl (C=O) groups excluding carboxylic acids is 1. The summed E-state index contributed by atoms with van der Waals surface area (Å²) in [6, 6.07) is 13.0. The average molecular weight is 419 g/mol. The highest BCUT2D eigenvalue weighted by molar-refractivity contribution is 7.89.